The summed E-state index contributed by atoms with van der Waals surface area (Å²) >= 11 is 0. The first-order chi connectivity index (χ1) is 11.3. The van der Waals surface area contributed by atoms with Gasteiger partial charge in [-0.3, -0.25) is 9.69 Å². The summed E-state index contributed by atoms with van der Waals surface area (Å²) in [5, 5.41) is 3.39. The van der Waals surface area contributed by atoms with Gasteiger partial charge in [0.05, 0.1) is 0 Å². The molecule has 1 aromatic carbocycles. The van der Waals surface area contributed by atoms with Gasteiger partial charge in [0.1, 0.15) is 0 Å². The molecule has 0 unspecified atom stereocenters. The van der Waals surface area contributed by atoms with Crippen LogP contribution >= 0.6 is 0 Å². The van der Waals surface area contributed by atoms with E-state index in [4.69, 9.17) is 0 Å². The van der Waals surface area contributed by atoms with Crippen LogP contribution in [0.5, 0.6) is 0 Å². The molecule has 1 aromatic rings. The number of nitrogens with one attached hydrogen (secondary N) is 1. The lowest BCUT2D eigenvalue weighted by Gasteiger charge is -2.31. The predicted molar refractivity (Wildman–Crippen MR) is 93.2 cm³/mol. The van der Waals surface area contributed by atoms with Crippen LogP contribution in [0, 0.1) is 0 Å². The Labute approximate surface area is 139 Å². The lowest BCUT2D eigenvalue weighted by atomic mass is 10.1. The molecule has 2 saturated heterocycles. The minimum absolute atomic E-state index is 0.373. The molecule has 0 spiro atoms. The third-order valence-corrected chi connectivity index (χ3v) is 5.17. The summed E-state index contributed by atoms with van der Waals surface area (Å²) in [6.07, 6.45) is 4.00. The minimum atomic E-state index is 0.373. The summed E-state index contributed by atoms with van der Waals surface area (Å²) in [6, 6.07) is 11.5. The van der Waals surface area contributed by atoms with Crippen LogP contribution in [-0.4, -0.2) is 54.0 Å². The molecule has 23 heavy (non-hydrogen) atoms. The number of nitrogens with zero attached hydrogens (tertiary/aromatic N) is 2. The Morgan fingerprint density at radius 3 is 2.83 bits per heavy atom. The van der Waals surface area contributed by atoms with Crippen LogP contribution in [0.3, 0.4) is 0 Å². The van der Waals surface area contributed by atoms with Crippen molar-refractivity contribution in [1.82, 2.24) is 15.1 Å². The van der Waals surface area contributed by atoms with E-state index in [1.165, 1.54) is 5.56 Å². The Morgan fingerprint density at radius 2 is 2.04 bits per heavy atom. The molecule has 2 fully saturated rings. The fourth-order valence-electron chi connectivity index (χ4n) is 4.02. The summed E-state index contributed by atoms with van der Waals surface area (Å²) in [5.41, 5.74) is 1.37. The molecule has 2 atom stereocenters. The Bertz CT molecular complexity index is 505. The quantitative estimate of drug-likeness (QED) is 0.784. The predicted octanol–water partition coefficient (Wildman–Crippen LogP) is 2.25. The highest BCUT2D eigenvalue weighted by atomic mass is 16.2. The van der Waals surface area contributed by atoms with Crippen molar-refractivity contribution in [2.45, 2.75) is 51.2 Å². The van der Waals surface area contributed by atoms with Crippen molar-refractivity contribution in [3.05, 3.63) is 35.9 Å². The first kappa shape index (κ1) is 16.5. The van der Waals surface area contributed by atoms with Crippen molar-refractivity contribution in [2.75, 3.05) is 26.2 Å². The highest BCUT2D eigenvalue weighted by molar-refractivity contribution is 5.79. The number of rotatable bonds is 7. The van der Waals surface area contributed by atoms with Crippen LogP contribution in [0.2, 0.25) is 0 Å². The van der Waals surface area contributed by atoms with Gasteiger partial charge in [0.2, 0.25) is 5.91 Å². The summed E-state index contributed by atoms with van der Waals surface area (Å²) in [6.45, 7) is 7.29. The van der Waals surface area contributed by atoms with Crippen molar-refractivity contribution < 1.29 is 4.79 Å². The van der Waals surface area contributed by atoms with E-state index in [1.807, 2.05) is 0 Å². The van der Waals surface area contributed by atoms with E-state index in [1.54, 1.807) is 0 Å². The molecule has 0 aromatic heterocycles. The van der Waals surface area contributed by atoms with E-state index >= 15 is 0 Å². The zero-order chi connectivity index (χ0) is 16.1. The van der Waals surface area contributed by atoms with Gasteiger partial charge in [-0.1, -0.05) is 37.3 Å². The highest BCUT2D eigenvalue weighted by Gasteiger charge is 2.38. The summed E-state index contributed by atoms with van der Waals surface area (Å²) in [5.74, 6) is 0.373. The molecule has 0 radical (unpaired) electrons. The average Bonchev–Trinajstić information content (AvgIpc) is 3.15. The Balaban J connectivity index is 1.55. The van der Waals surface area contributed by atoms with Gasteiger partial charge >= 0.3 is 0 Å². The molecule has 4 nitrogen and oxygen atoms in total. The zero-order valence-electron chi connectivity index (χ0n) is 14.2. The molecular formula is C19H29N3O. The molecule has 1 amide bonds. The highest BCUT2D eigenvalue weighted by Crippen LogP contribution is 2.28. The maximum atomic E-state index is 12.4. The Hall–Kier alpha value is -1.39. The van der Waals surface area contributed by atoms with E-state index < -0.39 is 0 Å². The number of likely N-dealkylation sites (tertiary alicyclic amines) is 2. The summed E-state index contributed by atoms with van der Waals surface area (Å²) < 4.78 is 0. The van der Waals surface area contributed by atoms with E-state index in [9.17, 15) is 4.79 Å². The fourth-order valence-corrected chi connectivity index (χ4v) is 4.02. The third-order valence-electron chi connectivity index (χ3n) is 5.17. The van der Waals surface area contributed by atoms with Gasteiger partial charge in [-0.25, -0.2) is 0 Å². The topological polar surface area (TPSA) is 35.6 Å². The lowest BCUT2D eigenvalue weighted by molar-refractivity contribution is -0.131. The largest absolute Gasteiger partial charge is 0.335 e. The molecule has 1 N–H and O–H groups in total. The smallest absolute Gasteiger partial charge is 0.223 e. The third kappa shape index (κ3) is 4.12. The number of carbonyl (C=O) groups excluding carboxylic acids is 1. The van der Waals surface area contributed by atoms with E-state index in [0.29, 0.717) is 18.0 Å². The van der Waals surface area contributed by atoms with Crippen molar-refractivity contribution in [3.63, 3.8) is 0 Å². The summed E-state index contributed by atoms with van der Waals surface area (Å²) in [7, 11) is 0. The van der Waals surface area contributed by atoms with Crippen LogP contribution in [0.25, 0.3) is 0 Å². The van der Waals surface area contributed by atoms with Gasteiger partial charge in [0.15, 0.2) is 0 Å². The van der Waals surface area contributed by atoms with Gasteiger partial charge in [-0.15, -0.1) is 0 Å². The van der Waals surface area contributed by atoms with Crippen molar-refractivity contribution in [3.8, 4) is 0 Å². The number of amides is 1. The molecule has 2 aliphatic rings. The monoisotopic (exact) mass is 315 g/mol. The van der Waals surface area contributed by atoms with Gasteiger partial charge in [-0.2, -0.15) is 0 Å². The van der Waals surface area contributed by atoms with E-state index in [2.05, 4.69) is 52.4 Å². The second-order valence-corrected chi connectivity index (χ2v) is 6.80. The van der Waals surface area contributed by atoms with Crippen LogP contribution in [-0.2, 0) is 11.3 Å². The first-order valence-corrected chi connectivity index (χ1v) is 9.06. The number of hydrogen-bond acceptors (Lipinski definition) is 3. The molecule has 0 bridgehead atoms. The maximum Gasteiger partial charge on any atom is 0.223 e. The van der Waals surface area contributed by atoms with Crippen LogP contribution in [0.1, 0.15) is 38.2 Å². The maximum absolute atomic E-state index is 12.4. The van der Waals surface area contributed by atoms with Gasteiger partial charge in [0.25, 0.3) is 0 Å². The Morgan fingerprint density at radius 1 is 1.22 bits per heavy atom. The molecule has 3 rings (SSSR count). The zero-order valence-corrected chi connectivity index (χ0v) is 14.2. The molecule has 126 valence electrons. The van der Waals surface area contributed by atoms with Crippen molar-refractivity contribution in [1.29, 1.82) is 0 Å². The number of carbonyl (C=O) groups is 1. The number of benzene rings is 1. The Kier molecular flexibility index (Phi) is 5.68. The van der Waals surface area contributed by atoms with Crippen molar-refractivity contribution >= 4 is 5.91 Å². The van der Waals surface area contributed by atoms with Gasteiger partial charge in [-0.05, 0) is 37.9 Å². The lowest BCUT2D eigenvalue weighted by Crippen LogP contribution is -2.44. The minimum Gasteiger partial charge on any atom is -0.335 e. The first-order valence-electron chi connectivity index (χ1n) is 9.06. The molecule has 4 heteroatoms. The summed E-state index contributed by atoms with van der Waals surface area (Å²) in [4.78, 5) is 17.1. The second kappa shape index (κ2) is 7.93. The van der Waals surface area contributed by atoms with Crippen LogP contribution in [0.4, 0.5) is 0 Å². The normalized spacial score (nSPS) is 25.4. The SMILES string of the molecule is CCNCC[C@@H]1CCC(=O)N1[C@H]1CCN(Cc2ccccc2)C1. The molecule has 2 heterocycles. The number of hydrogen-bond donors (Lipinski definition) is 1. The van der Waals surface area contributed by atoms with E-state index in [-0.39, 0.29) is 0 Å². The van der Waals surface area contributed by atoms with Crippen LogP contribution < -0.4 is 5.32 Å². The molecular weight excluding hydrogens is 286 g/mol. The molecule has 0 saturated carbocycles. The fraction of sp³-hybridized carbons (Fsp3) is 0.632. The molecule has 0 aliphatic carbocycles. The standard InChI is InChI=1S/C19H29N3O/c1-2-20-12-10-17-8-9-19(23)22(17)18-11-13-21(15-18)14-16-6-4-3-5-7-16/h3-7,17-18,20H,2,8-15H2,1H3/t17-,18-/m0/s1. The van der Waals surface area contributed by atoms with Crippen molar-refractivity contribution in [2.24, 2.45) is 0 Å². The van der Waals surface area contributed by atoms with Gasteiger partial charge < -0.3 is 10.2 Å². The molecule has 2 aliphatic heterocycles. The van der Waals surface area contributed by atoms with Gasteiger partial charge in [0, 0.05) is 38.1 Å². The van der Waals surface area contributed by atoms with Crippen LogP contribution in [0.15, 0.2) is 30.3 Å². The van der Waals surface area contributed by atoms with E-state index in [0.717, 1.165) is 58.4 Å². The second-order valence-electron chi connectivity index (χ2n) is 6.80. The average molecular weight is 315 g/mol.